The zero-order valence-corrected chi connectivity index (χ0v) is 24.0. The summed E-state index contributed by atoms with van der Waals surface area (Å²) in [6, 6.07) is 0. The first-order chi connectivity index (χ1) is 23.1. The van der Waals surface area contributed by atoms with E-state index < -0.39 is 107 Å². The van der Waals surface area contributed by atoms with E-state index in [0.29, 0.717) is 0 Å². The van der Waals surface area contributed by atoms with Crippen LogP contribution in [0.2, 0.25) is 0 Å². The molecule has 328 valence electrons. The minimum atomic E-state index is -10.3. The Kier molecular flexibility index (Phi) is 12.0. The van der Waals surface area contributed by atoms with Crippen molar-refractivity contribution in [3.63, 3.8) is 0 Å². The van der Waals surface area contributed by atoms with Crippen LogP contribution in [0.3, 0.4) is 0 Å². The molecule has 2 nitrogen and oxygen atoms in total. The van der Waals surface area contributed by atoms with Gasteiger partial charge >= 0.3 is 101 Å². The lowest BCUT2D eigenvalue weighted by Crippen LogP contribution is -2.81. The van der Waals surface area contributed by atoms with Gasteiger partial charge in [0.1, 0.15) is 0 Å². The summed E-state index contributed by atoms with van der Waals surface area (Å²) in [5.74, 6) is -122. The minimum Gasteiger partial charge on any atom is -0.413 e. The minimum absolute atomic E-state index is 0.329. The summed E-state index contributed by atoms with van der Waals surface area (Å²) >= 11 is 0. The fraction of sp³-hybridized carbons (Fsp3) is 0.850. The SMILES string of the molecule is C=C(C)C(=O)OC(F)(C(F)(F)C(F)(F)C(F)(F)C(F)(F)F)C(F)(F)C(F)(F)C(F)(F)C(F)(F)C(F)(F)C(F)(F)C(F)(F)C(F)(F)C(F)(C(F)(F)F)C(F)(F)F. The highest BCUT2D eigenvalue weighted by atomic mass is 19.4. The largest absolute Gasteiger partial charge is 0.460 e. The maximum atomic E-state index is 15.0. The molecule has 0 saturated carbocycles. The Morgan fingerprint density at radius 2 is 0.527 bits per heavy atom. The highest BCUT2D eigenvalue weighted by molar-refractivity contribution is 5.87. The molecule has 0 fully saturated rings. The molecule has 0 aromatic carbocycles. The molecule has 0 N–H and O–H groups in total. The van der Waals surface area contributed by atoms with Crippen LogP contribution in [0.5, 0.6) is 0 Å². The Bertz CT molecular complexity index is 1440. The second-order valence-electron chi connectivity index (χ2n) is 10.2. The lowest BCUT2D eigenvalue weighted by molar-refractivity contribution is -0.499. The van der Waals surface area contributed by atoms with Gasteiger partial charge in [0.2, 0.25) is 0 Å². The van der Waals surface area contributed by atoms with Crippen molar-refractivity contribution in [2.45, 2.75) is 102 Å². The number of hydrogen-bond donors (Lipinski definition) is 0. The average molecular weight is 904 g/mol. The number of ether oxygens (including phenoxy) is 1. The Labute approximate surface area is 276 Å². The molecule has 0 amide bonds. The number of rotatable bonds is 14. The standard InChI is InChI=1S/C20H5F33O2/c1-3(2)4(54)55-17(44,15(40,41)13(36,37)16(42,43)20(51,52)53)14(38,39)12(34,35)11(32,33)10(30,31)9(28,29)8(26,27)7(24,25)6(22,23)5(21,18(45,46)47)19(48,49)50/h1H2,2H3. The summed E-state index contributed by atoms with van der Waals surface area (Å²) in [5.41, 5.74) is -11.7. The first-order valence-electron chi connectivity index (χ1n) is 11.7. The van der Waals surface area contributed by atoms with Crippen LogP contribution in [0, 0.1) is 0 Å². The van der Waals surface area contributed by atoms with Crippen LogP contribution in [-0.4, -0.2) is 101 Å². The highest BCUT2D eigenvalue weighted by Crippen LogP contribution is 2.70. The fourth-order valence-electron chi connectivity index (χ4n) is 3.24. The molecule has 1 unspecified atom stereocenters. The maximum absolute atomic E-state index is 15.0. The Balaban J connectivity index is 8.31. The molecule has 0 aromatic heterocycles. The van der Waals surface area contributed by atoms with Gasteiger partial charge in [-0.05, 0) is 6.92 Å². The number of carbonyl (C=O) groups is 1. The van der Waals surface area contributed by atoms with Crippen molar-refractivity contribution in [2.75, 3.05) is 0 Å². The Hall–Kier alpha value is -3.10. The molecule has 0 heterocycles. The molecule has 0 rings (SSSR count). The van der Waals surface area contributed by atoms with Crippen molar-refractivity contribution >= 4 is 5.97 Å². The second kappa shape index (κ2) is 12.7. The Morgan fingerprint density at radius 3 is 0.727 bits per heavy atom. The van der Waals surface area contributed by atoms with Gasteiger partial charge in [0.05, 0.1) is 0 Å². The van der Waals surface area contributed by atoms with Crippen LogP contribution in [0.25, 0.3) is 0 Å². The number of halogens is 33. The highest BCUT2D eigenvalue weighted by Gasteiger charge is 3.02. The summed E-state index contributed by atoms with van der Waals surface area (Å²) < 4.78 is 450. The van der Waals surface area contributed by atoms with E-state index >= 15 is 0 Å². The molecule has 0 aliphatic rings. The van der Waals surface area contributed by atoms with Gasteiger partial charge in [0, 0.05) is 5.57 Å². The van der Waals surface area contributed by atoms with Crippen LogP contribution in [0.15, 0.2) is 12.2 Å². The Morgan fingerprint density at radius 1 is 0.327 bits per heavy atom. The smallest absolute Gasteiger partial charge is 0.413 e. The van der Waals surface area contributed by atoms with E-state index in [1.165, 1.54) is 0 Å². The van der Waals surface area contributed by atoms with Crippen LogP contribution < -0.4 is 0 Å². The van der Waals surface area contributed by atoms with Gasteiger partial charge in [-0.1, -0.05) is 6.58 Å². The number of alkyl halides is 33. The van der Waals surface area contributed by atoms with Gasteiger partial charge in [-0.2, -0.15) is 140 Å². The first-order valence-corrected chi connectivity index (χ1v) is 11.7. The van der Waals surface area contributed by atoms with E-state index in [0.717, 1.165) is 0 Å². The molecule has 0 bridgehead atoms. The second-order valence-corrected chi connectivity index (χ2v) is 10.2. The van der Waals surface area contributed by atoms with Gasteiger partial charge < -0.3 is 4.74 Å². The van der Waals surface area contributed by atoms with Crippen molar-refractivity contribution in [1.82, 2.24) is 0 Å². The maximum Gasteiger partial charge on any atom is 0.460 e. The molecule has 35 heteroatoms. The quantitative estimate of drug-likeness (QED) is 0.0986. The average Bonchev–Trinajstić information content (AvgIpc) is 2.93. The van der Waals surface area contributed by atoms with Crippen molar-refractivity contribution in [2.24, 2.45) is 0 Å². The molecule has 0 aromatic rings. The van der Waals surface area contributed by atoms with Gasteiger partial charge in [-0.25, -0.2) is 9.18 Å². The van der Waals surface area contributed by atoms with Crippen LogP contribution in [0.1, 0.15) is 6.92 Å². The summed E-state index contributed by atoms with van der Waals surface area (Å²) in [7, 11) is 0. The van der Waals surface area contributed by atoms with Crippen molar-refractivity contribution in [1.29, 1.82) is 0 Å². The van der Waals surface area contributed by atoms with Gasteiger partial charge in [0.25, 0.3) is 0 Å². The lowest BCUT2D eigenvalue weighted by Gasteiger charge is -2.48. The van der Waals surface area contributed by atoms with E-state index in [9.17, 15) is 150 Å². The van der Waals surface area contributed by atoms with Crippen molar-refractivity contribution in [3.05, 3.63) is 12.2 Å². The third-order valence-electron chi connectivity index (χ3n) is 6.51. The van der Waals surface area contributed by atoms with E-state index in [2.05, 4.69) is 0 Å². The zero-order chi connectivity index (χ0) is 45.9. The van der Waals surface area contributed by atoms with Gasteiger partial charge in [-0.3, -0.25) is 0 Å². The molecular weight excluding hydrogens is 899 g/mol. The summed E-state index contributed by atoms with van der Waals surface area (Å²) in [4.78, 5) is 11.3. The van der Waals surface area contributed by atoms with Crippen LogP contribution >= 0.6 is 0 Å². The normalized spacial score (nSPS) is 17.6. The molecule has 0 spiro atoms. The number of hydrogen-bond acceptors (Lipinski definition) is 2. The van der Waals surface area contributed by atoms with Gasteiger partial charge in [0.15, 0.2) is 0 Å². The molecule has 0 aliphatic heterocycles. The molecule has 0 aliphatic carbocycles. The fourth-order valence-corrected chi connectivity index (χ4v) is 3.24. The molecule has 1 atom stereocenters. The molecule has 0 saturated heterocycles. The third kappa shape index (κ3) is 6.13. The van der Waals surface area contributed by atoms with E-state index in [-0.39, 0.29) is 6.92 Å². The molecular formula is C20H5F33O2. The lowest BCUT2D eigenvalue weighted by atomic mass is 9.81. The molecule has 55 heavy (non-hydrogen) atoms. The van der Waals surface area contributed by atoms with E-state index in [1.807, 2.05) is 11.3 Å². The number of esters is 1. The third-order valence-corrected chi connectivity index (χ3v) is 6.51. The van der Waals surface area contributed by atoms with Gasteiger partial charge in [-0.15, -0.1) is 0 Å². The zero-order valence-electron chi connectivity index (χ0n) is 24.0. The van der Waals surface area contributed by atoms with E-state index in [4.69, 9.17) is 0 Å². The first kappa shape index (κ1) is 51.9. The monoisotopic (exact) mass is 904 g/mol. The molecule has 0 radical (unpaired) electrons. The van der Waals surface area contributed by atoms with Crippen LogP contribution in [-0.2, 0) is 9.53 Å². The van der Waals surface area contributed by atoms with Crippen molar-refractivity contribution < 1.29 is 154 Å². The van der Waals surface area contributed by atoms with Crippen LogP contribution in [0.4, 0.5) is 145 Å². The predicted octanol–water partition coefficient (Wildman–Crippen LogP) is 11.2. The summed E-state index contributed by atoms with van der Waals surface area (Å²) in [6.45, 7) is 1.64. The van der Waals surface area contributed by atoms with E-state index in [1.54, 1.807) is 0 Å². The topological polar surface area (TPSA) is 26.3 Å². The van der Waals surface area contributed by atoms with Crippen molar-refractivity contribution in [3.8, 4) is 0 Å². The predicted molar refractivity (Wildman–Crippen MR) is 101 cm³/mol. The summed E-state index contributed by atoms with van der Waals surface area (Å²) in [5, 5.41) is 0. The number of carbonyl (C=O) groups excluding carboxylic acids is 1. The summed E-state index contributed by atoms with van der Waals surface area (Å²) in [6.07, 6.45) is -26.2.